The molecule has 0 atom stereocenters. The van der Waals surface area contributed by atoms with Crippen LogP contribution < -0.4 is 0 Å². The molecule has 0 bridgehead atoms. The van der Waals surface area contributed by atoms with E-state index in [0.717, 1.165) is 6.42 Å². The summed E-state index contributed by atoms with van der Waals surface area (Å²) in [5, 5.41) is 0. The maximum absolute atomic E-state index is 10.6. The van der Waals surface area contributed by atoms with E-state index >= 15 is 0 Å². The molecule has 0 aliphatic carbocycles. The van der Waals surface area contributed by atoms with Gasteiger partial charge in [0.15, 0.2) is 0 Å². The van der Waals surface area contributed by atoms with Crippen molar-refractivity contribution in [2.75, 3.05) is 19.8 Å². The number of ether oxygens (including phenoxy) is 2. The first-order valence-corrected chi connectivity index (χ1v) is 5.13. The molecule has 0 amide bonds. The summed E-state index contributed by atoms with van der Waals surface area (Å²) in [4.78, 5) is 10.6. The van der Waals surface area contributed by atoms with Crippen LogP contribution in [0.4, 0.5) is 0 Å². The lowest BCUT2D eigenvalue weighted by Gasteiger charge is -2.19. The number of carbonyl (C=O) groups is 1. The molecule has 0 N–H and O–H groups in total. The second kappa shape index (κ2) is 6.96. The van der Waals surface area contributed by atoms with Crippen molar-refractivity contribution in [1.29, 1.82) is 0 Å². The van der Waals surface area contributed by atoms with Crippen molar-refractivity contribution in [3.63, 3.8) is 0 Å². The summed E-state index contributed by atoms with van der Waals surface area (Å²) in [6, 6.07) is 0. The normalized spacial score (nSPS) is 11.7. The van der Waals surface area contributed by atoms with Gasteiger partial charge >= 0.3 is 0 Å². The van der Waals surface area contributed by atoms with Gasteiger partial charge in [0.05, 0.1) is 18.8 Å². The van der Waals surface area contributed by atoms with Crippen LogP contribution in [0.2, 0.25) is 0 Å². The Morgan fingerprint density at radius 3 is 2.29 bits per heavy atom. The van der Waals surface area contributed by atoms with Gasteiger partial charge in [0.2, 0.25) is 0 Å². The van der Waals surface area contributed by atoms with E-state index in [2.05, 4.69) is 0 Å². The molecular weight excluding hydrogens is 180 g/mol. The Labute approximate surface area is 86.8 Å². The summed E-state index contributed by atoms with van der Waals surface area (Å²) in [6.45, 7) is 9.52. The zero-order valence-electron chi connectivity index (χ0n) is 9.76. The van der Waals surface area contributed by atoms with E-state index in [1.165, 1.54) is 0 Å². The van der Waals surface area contributed by atoms with Gasteiger partial charge in [-0.3, -0.25) is 0 Å². The van der Waals surface area contributed by atoms with Gasteiger partial charge in [0.1, 0.15) is 5.78 Å². The van der Waals surface area contributed by atoms with Crippen molar-refractivity contribution in [1.82, 2.24) is 0 Å². The van der Waals surface area contributed by atoms with Gasteiger partial charge in [-0.25, -0.2) is 0 Å². The summed E-state index contributed by atoms with van der Waals surface area (Å²) in [6.07, 6.45) is 1.42. The molecule has 0 fully saturated rings. The lowest BCUT2D eigenvalue weighted by molar-refractivity contribution is -0.117. The molecule has 0 aliphatic heterocycles. The van der Waals surface area contributed by atoms with Gasteiger partial charge in [-0.1, -0.05) is 0 Å². The highest BCUT2D eigenvalue weighted by atomic mass is 16.5. The summed E-state index contributed by atoms with van der Waals surface area (Å²) in [5.74, 6) is 0.222. The number of carbonyl (C=O) groups excluding carboxylic acids is 1. The highest BCUT2D eigenvalue weighted by Crippen LogP contribution is 2.05. The third-order valence-corrected chi connectivity index (χ3v) is 1.58. The van der Waals surface area contributed by atoms with Crippen LogP contribution in [0.5, 0.6) is 0 Å². The zero-order chi connectivity index (χ0) is 11.0. The van der Waals surface area contributed by atoms with Gasteiger partial charge in [-0.15, -0.1) is 0 Å². The maximum Gasteiger partial charge on any atom is 0.129 e. The minimum Gasteiger partial charge on any atom is -0.379 e. The molecule has 3 heteroatoms. The standard InChI is InChI=1S/C11H22O3/c1-10(12)6-5-7-13-8-9-14-11(2,3)4/h5-9H2,1-4H3. The molecule has 0 heterocycles. The molecule has 0 saturated heterocycles. The molecule has 0 spiro atoms. The minimum absolute atomic E-state index is 0.0945. The molecule has 0 aromatic heterocycles. The van der Waals surface area contributed by atoms with Crippen molar-refractivity contribution < 1.29 is 14.3 Å². The molecule has 0 saturated carbocycles. The van der Waals surface area contributed by atoms with Crippen LogP contribution in [0, 0.1) is 0 Å². The molecule has 0 rings (SSSR count). The molecule has 0 aromatic rings. The van der Waals surface area contributed by atoms with E-state index in [9.17, 15) is 4.79 Å². The number of ketones is 1. The molecule has 3 nitrogen and oxygen atoms in total. The Morgan fingerprint density at radius 1 is 1.14 bits per heavy atom. The summed E-state index contributed by atoms with van der Waals surface area (Å²) >= 11 is 0. The SMILES string of the molecule is CC(=O)CCCOCCOC(C)(C)C. The van der Waals surface area contributed by atoms with E-state index in [-0.39, 0.29) is 11.4 Å². The van der Waals surface area contributed by atoms with Crippen LogP contribution in [-0.4, -0.2) is 31.2 Å². The Morgan fingerprint density at radius 2 is 1.79 bits per heavy atom. The quantitative estimate of drug-likeness (QED) is 0.594. The molecule has 14 heavy (non-hydrogen) atoms. The summed E-state index contributed by atoms with van der Waals surface area (Å²) in [7, 11) is 0. The molecule has 84 valence electrons. The molecule has 0 unspecified atom stereocenters. The Bertz CT molecular complexity index is 158. The van der Waals surface area contributed by atoms with E-state index in [0.29, 0.717) is 26.2 Å². The van der Waals surface area contributed by atoms with Gasteiger partial charge in [-0.2, -0.15) is 0 Å². The molecular formula is C11H22O3. The maximum atomic E-state index is 10.6. The minimum atomic E-state index is -0.0945. The Kier molecular flexibility index (Phi) is 6.75. The number of hydrogen-bond donors (Lipinski definition) is 0. The lowest BCUT2D eigenvalue weighted by atomic mass is 10.2. The van der Waals surface area contributed by atoms with Crippen molar-refractivity contribution in [3.8, 4) is 0 Å². The second-order valence-corrected chi connectivity index (χ2v) is 4.38. The van der Waals surface area contributed by atoms with Crippen molar-refractivity contribution in [2.24, 2.45) is 0 Å². The van der Waals surface area contributed by atoms with Gasteiger partial charge in [0, 0.05) is 13.0 Å². The van der Waals surface area contributed by atoms with Crippen LogP contribution in [-0.2, 0) is 14.3 Å². The Balaban J connectivity index is 3.11. The number of hydrogen-bond acceptors (Lipinski definition) is 3. The van der Waals surface area contributed by atoms with Gasteiger partial charge in [-0.05, 0) is 34.1 Å². The number of rotatable bonds is 7. The zero-order valence-corrected chi connectivity index (χ0v) is 9.76. The number of Topliss-reactive ketones (excluding diaryl/α,β-unsaturated/α-hetero) is 1. The highest BCUT2D eigenvalue weighted by Gasteiger charge is 2.08. The van der Waals surface area contributed by atoms with Crippen LogP contribution in [0.3, 0.4) is 0 Å². The highest BCUT2D eigenvalue weighted by molar-refractivity contribution is 5.75. The third kappa shape index (κ3) is 11.6. The van der Waals surface area contributed by atoms with Crippen molar-refractivity contribution in [2.45, 2.75) is 46.1 Å². The van der Waals surface area contributed by atoms with Gasteiger partial charge in [0.25, 0.3) is 0 Å². The molecule has 0 aromatic carbocycles. The van der Waals surface area contributed by atoms with Crippen LogP contribution in [0.25, 0.3) is 0 Å². The van der Waals surface area contributed by atoms with Crippen LogP contribution in [0.15, 0.2) is 0 Å². The topological polar surface area (TPSA) is 35.5 Å². The fourth-order valence-corrected chi connectivity index (χ4v) is 0.932. The van der Waals surface area contributed by atoms with Gasteiger partial charge < -0.3 is 14.3 Å². The molecule has 0 radical (unpaired) electrons. The van der Waals surface area contributed by atoms with Crippen molar-refractivity contribution in [3.05, 3.63) is 0 Å². The predicted octanol–water partition coefficient (Wildman–Crippen LogP) is 2.19. The fraction of sp³-hybridized carbons (Fsp3) is 0.909. The Hall–Kier alpha value is -0.410. The lowest BCUT2D eigenvalue weighted by Crippen LogP contribution is -2.21. The average molecular weight is 202 g/mol. The van der Waals surface area contributed by atoms with Crippen LogP contribution >= 0.6 is 0 Å². The van der Waals surface area contributed by atoms with Crippen molar-refractivity contribution >= 4 is 5.78 Å². The van der Waals surface area contributed by atoms with E-state index in [1.54, 1.807) is 6.92 Å². The van der Waals surface area contributed by atoms with E-state index < -0.39 is 0 Å². The predicted molar refractivity (Wildman–Crippen MR) is 56.4 cm³/mol. The average Bonchev–Trinajstić information content (AvgIpc) is 2.00. The fourth-order valence-electron chi connectivity index (χ4n) is 0.932. The van der Waals surface area contributed by atoms with Crippen LogP contribution in [0.1, 0.15) is 40.5 Å². The first kappa shape index (κ1) is 13.6. The first-order chi connectivity index (χ1) is 6.42. The molecule has 0 aliphatic rings. The second-order valence-electron chi connectivity index (χ2n) is 4.38. The van der Waals surface area contributed by atoms with E-state index in [1.807, 2.05) is 20.8 Å². The monoisotopic (exact) mass is 202 g/mol. The summed E-state index contributed by atoms with van der Waals surface area (Å²) < 4.78 is 10.8. The summed E-state index contributed by atoms with van der Waals surface area (Å²) in [5.41, 5.74) is -0.0945. The largest absolute Gasteiger partial charge is 0.379 e. The third-order valence-electron chi connectivity index (χ3n) is 1.58. The van der Waals surface area contributed by atoms with E-state index in [4.69, 9.17) is 9.47 Å². The first-order valence-electron chi connectivity index (χ1n) is 5.13. The smallest absolute Gasteiger partial charge is 0.129 e.